The van der Waals surface area contributed by atoms with Crippen molar-refractivity contribution in [2.24, 2.45) is 0 Å². The third kappa shape index (κ3) is 3.86. The van der Waals surface area contributed by atoms with Crippen molar-refractivity contribution in [3.8, 4) is 5.75 Å². The Morgan fingerprint density at radius 1 is 1.09 bits per heavy atom. The monoisotopic (exact) mass is 318 g/mol. The van der Waals surface area contributed by atoms with E-state index in [1.807, 2.05) is 0 Å². The number of methoxy groups -OCH3 is 1. The minimum Gasteiger partial charge on any atom is -0.489 e. The van der Waals surface area contributed by atoms with Gasteiger partial charge < -0.3 is 9.47 Å². The van der Waals surface area contributed by atoms with E-state index in [9.17, 15) is 9.59 Å². The summed E-state index contributed by atoms with van der Waals surface area (Å²) in [7, 11) is 1.34. The summed E-state index contributed by atoms with van der Waals surface area (Å²) in [5.74, 6) is 0.0702. The van der Waals surface area contributed by atoms with Gasteiger partial charge in [0.2, 0.25) is 0 Å². The molecule has 0 unspecified atom stereocenters. The summed E-state index contributed by atoms with van der Waals surface area (Å²) in [6.07, 6.45) is 0. The lowest BCUT2D eigenvalue weighted by Gasteiger charge is -2.09. The Morgan fingerprint density at radius 3 is 2.36 bits per heavy atom. The first-order chi connectivity index (χ1) is 10.5. The van der Waals surface area contributed by atoms with Crippen molar-refractivity contribution in [3.05, 3.63) is 64.2 Å². The van der Waals surface area contributed by atoms with Crippen molar-refractivity contribution in [1.29, 1.82) is 0 Å². The van der Waals surface area contributed by atoms with Gasteiger partial charge in [0.05, 0.1) is 17.7 Å². The van der Waals surface area contributed by atoms with Gasteiger partial charge in [-0.15, -0.1) is 0 Å². The van der Waals surface area contributed by atoms with Gasteiger partial charge >= 0.3 is 5.97 Å². The number of ether oxygens (including phenoxy) is 2. The van der Waals surface area contributed by atoms with Crippen LogP contribution in [0.1, 0.15) is 33.2 Å². The van der Waals surface area contributed by atoms with Crippen LogP contribution in [0.25, 0.3) is 0 Å². The number of benzene rings is 2. The molecule has 2 aromatic carbocycles. The minimum atomic E-state index is -0.378. The topological polar surface area (TPSA) is 52.6 Å². The van der Waals surface area contributed by atoms with E-state index in [1.165, 1.54) is 14.0 Å². The first-order valence-corrected chi connectivity index (χ1v) is 6.99. The normalized spacial score (nSPS) is 10.1. The zero-order valence-electron chi connectivity index (χ0n) is 12.3. The van der Waals surface area contributed by atoms with E-state index in [0.717, 1.165) is 5.56 Å². The number of hydrogen-bond acceptors (Lipinski definition) is 4. The summed E-state index contributed by atoms with van der Waals surface area (Å²) in [5, 5.41) is 0.405. The molecule has 114 valence electrons. The predicted molar refractivity (Wildman–Crippen MR) is 83.6 cm³/mol. The molecule has 4 nitrogen and oxygen atoms in total. The number of carbonyl (C=O) groups excluding carboxylic acids is 2. The molecule has 0 amide bonds. The van der Waals surface area contributed by atoms with Gasteiger partial charge in [0.25, 0.3) is 0 Å². The highest BCUT2D eigenvalue weighted by atomic mass is 35.5. The van der Waals surface area contributed by atoms with Crippen LogP contribution in [0, 0.1) is 0 Å². The number of ketones is 1. The molecule has 5 heteroatoms. The molecule has 0 aliphatic rings. The average Bonchev–Trinajstić information content (AvgIpc) is 2.53. The lowest BCUT2D eigenvalue weighted by molar-refractivity contribution is 0.0600. The molecule has 0 aliphatic carbocycles. The highest BCUT2D eigenvalue weighted by Crippen LogP contribution is 2.23. The molecule has 0 radical (unpaired) electrons. The van der Waals surface area contributed by atoms with Gasteiger partial charge in [0.1, 0.15) is 12.4 Å². The molecule has 0 aromatic heterocycles. The van der Waals surface area contributed by atoms with Crippen LogP contribution in [-0.4, -0.2) is 18.9 Å². The van der Waals surface area contributed by atoms with Gasteiger partial charge in [-0.2, -0.15) is 0 Å². The van der Waals surface area contributed by atoms with E-state index in [4.69, 9.17) is 16.3 Å². The first kappa shape index (κ1) is 16.0. The summed E-state index contributed by atoms with van der Waals surface area (Å²) in [6, 6.07) is 11.9. The molecule has 0 N–H and O–H groups in total. The van der Waals surface area contributed by atoms with E-state index in [2.05, 4.69) is 4.74 Å². The van der Waals surface area contributed by atoms with E-state index in [0.29, 0.717) is 28.5 Å². The third-order valence-electron chi connectivity index (χ3n) is 3.10. The van der Waals surface area contributed by atoms with Gasteiger partial charge in [-0.05, 0) is 42.8 Å². The zero-order chi connectivity index (χ0) is 16.1. The molecule has 0 fully saturated rings. The highest BCUT2D eigenvalue weighted by Gasteiger charge is 2.08. The van der Waals surface area contributed by atoms with Crippen LogP contribution in [0.15, 0.2) is 42.5 Å². The number of halogens is 1. The molecule has 2 rings (SSSR count). The molecule has 0 saturated heterocycles. The second-order valence-electron chi connectivity index (χ2n) is 4.68. The van der Waals surface area contributed by atoms with Gasteiger partial charge in [-0.1, -0.05) is 23.7 Å². The van der Waals surface area contributed by atoms with Crippen LogP contribution >= 0.6 is 11.6 Å². The van der Waals surface area contributed by atoms with Crippen molar-refractivity contribution in [2.45, 2.75) is 13.5 Å². The minimum absolute atomic E-state index is 0.113. The van der Waals surface area contributed by atoms with Crippen molar-refractivity contribution < 1.29 is 19.1 Å². The fourth-order valence-electron chi connectivity index (χ4n) is 1.89. The van der Waals surface area contributed by atoms with Gasteiger partial charge in [-0.3, -0.25) is 4.79 Å². The van der Waals surface area contributed by atoms with Gasteiger partial charge in [-0.25, -0.2) is 4.79 Å². The van der Waals surface area contributed by atoms with E-state index >= 15 is 0 Å². The number of esters is 1. The summed E-state index contributed by atoms with van der Waals surface area (Å²) in [4.78, 5) is 22.8. The molecule has 0 saturated carbocycles. The van der Waals surface area contributed by atoms with Crippen LogP contribution < -0.4 is 4.74 Å². The average molecular weight is 319 g/mol. The Morgan fingerprint density at radius 2 is 1.77 bits per heavy atom. The van der Waals surface area contributed by atoms with Crippen LogP contribution in [0.4, 0.5) is 0 Å². The van der Waals surface area contributed by atoms with Crippen molar-refractivity contribution >= 4 is 23.4 Å². The maximum atomic E-state index is 11.4. The van der Waals surface area contributed by atoms with E-state index < -0.39 is 0 Å². The molecule has 0 spiro atoms. The van der Waals surface area contributed by atoms with Crippen molar-refractivity contribution in [1.82, 2.24) is 0 Å². The Kier molecular flexibility index (Phi) is 5.17. The highest BCUT2D eigenvalue weighted by molar-refractivity contribution is 6.33. The second kappa shape index (κ2) is 7.09. The molecular formula is C17H15ClO4. The number of Topliss-reactive ketones (excluding diaryl/α,β-unsaturated/α-hetero) is 1. The van der Waals surface area contributed by atoms with Crippen LogP contribution in [0.3, 0.4) is 0 Å². The molecule has 2 aromatic rings. The van der Waals surface area contributed by atoms with Crippen LogP contribution in [0.2, 0.25) is 5.02 Å². The maximum absolute atomic E-state index is 11.4. The Bertz CT molecular complexity index is 692. The fraction of sp³-hybridized carbons (Fsp3) is 0.176. The van der Waals surface area contributed by atoms with E-state index in [1.54, 1.807) is 42.5 Å². The smallest absolute Gasteiger partial charge is 0.337 e. The number of rotatable bonds is 5. The van der Waals surface area contributed by atoms with Gasteiger partial charge in [0.15, 0.2) is 5.78 Å². The lowest BCUT2D eigenvalue weighted by Crippen LogP contribution is -2.02. The van der Waals surface area contributed by atoms with Crippen molar-refractivity contribution in [3.63, 3.8) is 0 Å². The van der Waals surface area contributed by atoms with Crippen molar-refractivity contribution in [2.75, 3.05) is 7.11 Å². The number of carbonyl (C=O) groups is 2. The standard InChI is InChI=1S/C17H15ClO4/c1-11(19)15-9-14(7-8-16(15)18)22-10-12-3-5-13(6-4-12)17(20)21-2/h3-9H,10H2,1-2H3. The largest absolute Gasteiger partial charge is 0.489 e. The Balaban J connectivity index is 2.05. The molecule has 0 bridgehead atoms. The zero-order valence-corrected chi connectivity index (χ0v) is 13.0. The second-order valence-corrected chi connectivity index (χ2v) is 5.08. The molecular weight excluding hydrogens is 304 g/mol. The first-order valence-electron chi connectivity index (χ1n) is 6.62. The summed E-state index contributed by atoms with van der Waals surface area (Å²) in [5.41, 5.74) is 1.81. The summed E-state index contributed by atoms with van der Waals surface area (Å²) < 4.78 is 10.3. The molecule has 0 atom stereocenters. The SMILES string of the molecule is COC(=O)c1ccc(COc2ccc(Cl)c(C(C)=O)c2)cc1. The summed E-state index contributed by atoms with van der Waals surface area (Å²) in [6.45, 7) is 1.77. The third-order valence-corrected chi connectivity index (χ3v) is 3.43. The molecule has 0 aliphatic heterocycles. The Hall–Kier alpha value is -2.33. The predicted octanol–water partition coefficient (Wildman–Crippen LogP) is 3.91. The molecule has 22 heavy (non-hydrogen) atoms. The van der Waals surface area contributed by atoms with Crippen LogP contribution in [0.5, 0.6) is 5.75 Å². The quantitative estimate of drug-likeness (QED) is 0.619. The van der Waals surface area contributed by atoms with Crippen LogP contribution in [-0.2, 0) is 11.3 Å². The Labute approximate surface area is 133 Å². The fourth-order valence-corrected chi connectivity index (χ4v) is 2.14. The maximum Gasteiger partial charge on any atom is 0.337 e. The molecule has 0 heterocycles. The number of hydrogen-bond donors (Lipinski definition) is 0. The summed E-state index contributed by atoms with van der Waals surface area (Å²) >= 11 is 5.95. The van der Waals surface area contributed by atoms with Gasteiger partial charge in [0, 0.05) is 5.56 Å². The lowest BCUT2D eigenvalue weighted by atomic mass is 10.1. The van der Waals surface area contributed by atoms with E-state index in [-0.39, 0.29) is 11.8 Å².